The molecule has 0 radical (unpaired) electrons. The number of rotatable bonds is 4. The Kier molecular flexibility index (Phi) is 5.01. The van der Waals surface area contributed by atoms with Crippen molar-refractivity contribution in [2.24, 2.45) is 5.92 Å². The fourth-order valence-electron chi connectivity index (χ4n) is 2.38. The minimum atomic E-state index is 0.410. The summed E-state index contributed by atoms with van der Waals surface area (Å²) in [5.41, 5.74) is 1.34. The van der Waals surface area contributed by atoms with Crippen LogP contribution in [0.15, 0.2) is 28.7 Å². The molecule has 1 aliphatic heterocycles. The first-order valence-electron chi connectivity index (χ1n) is 6.46. The van der Waals surface area contributed by atoms with Crippen LogP contribution in [0.1, 0.15) is 31.4 Å². The van der Waals surface area contributed by atoms with E-state index in [1.807, 2.05) is 0 Å². The minimum Gasteiger partial charge on any atom is -0.316 e. The highest BCUT2D eigenvalue weighted by molar-refractivity contribution is 9.10. The van der Waals surface area contributed by atoms with Crippen molar-refractivity contribution in [2.45, 2.75) is 25.8 Å². The van der Waals surface area contributed by atoms with Crippen molar-refractivity contribution in [1.29, 1.82) is 0 Å². The molecule has 0 amide bonds. The highest BCUT2D eigenvalue weighted by atomic mass is 79.9. The van der Waals surface area contributed by atoms with Gasteiger partial charge in [0.2, 0.25) is 0 Å². The average molecular weight is 297 g/mol. The van der Waals surface area contributed by atoms with E-state index < -0.39 is 0 Å². The highest BCUT2D eigenvalue weighted by Gasteiger charge is 2.14. The number of halogens is 1. The number of benzene rings is 1. The molecule has 1 aliphatic rings. The Hall–Kier alpha value is -0.380. The van der Waals surface area contributed by atoms with E-state index in [0.29, 0.717) is 6.04 Å². The van der Waals surface area contributed by atoms with Gasteiger partial charge in [0.05, 0.1) is 0 Å². The summed E-state index contributed by atoms with van der Waals surface area (Å²) in [6.45, 7) is 5.69. The molecule has 0 bridgehead atoms. The molecule has 3 heteroatoms. The fraction of sp³-hybridized carbons (Fsp3) is 0.571. The van der Waals surface area contributed by atoms with Gasteiger partial charge in [-0.3, -0.25) is 0 Å². The number of piperidine rings is 1. The maximum absolute atomic E-state index is 3.64. The van der Waals surface area contributed by atoms with E-state index in [9.17, 15) is 0 Å². The van der Waals surface area contributed by atoms with Gasteiger partial charge >= 0.3 is 0 Å². The Labute approximate surface area is 112 Å². The van der Waals surface area contributed by atoms with Crippen molar-refractivity contribution in [1.82, 2.24) is 10.6 Å². The molecule has 1 heterocycles. The van der Waals surface area contributed by atoms with E-state index in [-0.39, 0.29) is 0 Å². The molecule has 1 fully saturated rings. The molecule has 2 atom stereocenters. The Morgan fingerprint density at radius 2 is 2.29 bits per heavy atom. The van der Waals surface area contributed by atoms with Crippen molar-refractivity contribution in [3.05, 3.63) is 34.3 Å². The molecule has 17 heavy (non-hydrogen) atoms. The molecule has 2 N–H and O–H groups in total. The average Bonchev–Trinajstić information content (AvgIpc) is 2.38. The molecular weight excluding hydrogens is 276 g/mol. The summed E-state index contributed by atoms with van der Waals surface area (Å²) in [6, 6.07) is 8.86. The topological polar surface area (TPSA) is 24.1 Å². The Balaban J connectivity index is 1.84. The van der Waals surface area contributed by atoms with E-state index in [2.05, 4.69) is 57.8 Å². The van der Waals surface area contributed by atoms with Gasteiger partial charge < -0.3 is 10.6 Å². The first kappa shape index (κ1) is 13.1. The summed E-state index contributed by atoms with van der Waals surface area (Å²) in [6.07, 6.45) is 2.67. The molecule has 0 aromatic heterocycles. The van der Waals surface area contributed by atoms with Gasteiger partial charge in [-0.2, -0.15) is 0 Å². The summed E-state index contributed by atoms with van der Waals surface area (Å²) in [7, 11) is 0. The predicted molar refractivity (Wildman–Crippen MR) is 76.2 cm³/mol. The normalized spacial score (nSPS) is 22.4. The molecule has 2 nitrogen and oxygen atoms in total. The van der Waals surface area contributed by atoms with E-state index in [1.165, 1.54) is 29.4 Å². The van der Waals surface area contributed by atoms with Crippen LogP contribution >= 0.6 is 15.9 Å². The zero-order valence-corrected chi connectivity index (χ0v) is 12.0. The number of hydrogen-bond acceptors (Lipinski definition) is 2. The SMILES string of the molecule is C[C@H](NCC1CCCNC1)c1ccccc1Br. The van der Waals surface area contributed by atoms with Crippen LogP contribution < -0.4 is 10.6 Å². The molecule has 1 saturated heterocycles. The lowest BCUT2D eigenvalue weighted by atomic mass is 9.99. The second-order valence-electron chi connectivity index (χ2n) is 4.86. The first-order chi connectivity index (χ1) is 8.27. The number of nitrogens with one attached hydrogen (secondary N) is 2. The molecule has 2 rings (SSSR count). The summed E-state index contributed by atoms with van der Waals surface area (Å²) in [5, 5.41) is 7.10. The van der Waals surface area contributed by atoms with Gasteiger partial charge in [-0.25, -0.2) is 0 Å². The van der Waals surface area contributed by atoms with E-state index in [1.54, 1.807) is 0 Å². The van der Waals surface area contributed by atoms with E-state index in [4.69, 9.17) is 0 Å². The third-order valence-electron chi connectivity index (χ3n) is 3.48. The van der Waals surface area contributed by atoms with Crippen LogP contribution in [-0.4, -0.2) is 19.6 Å². The molecule has 1 aromatic carbocycles. The Morgan fingerprint density at radius 3 is 3.00 bits per heavy atom. The van der Waals surface area contributed by atoms with Crippen molar-refractivity contribution in [3.8, 4) is 0 Å². The van der Waals surface area contributed by atoms with Crippen LogP contribution in [-0.2, 0) is 0 Å². The summed E-state index contributed by atoms with van der Waals surface area (Å²) in [5.74, 6) is 0.786. The quantitative estimate of drug-likeness (QED) is 0.892. The molecule has 0 spiro atoms. The molecule has 1 aromatic rings. The van der Waals surface area contributed by atoms with E-state index in [0.717, 1.165) is 19.0 Å². The minimum absolute atomic E-state index is 0.410. The van der Waals surface area contributed by atoms with Crippen LogP contribution in [0, 0.1) is 5.92 Å². The van der Waals surface area contributed by atoms with Gasteiger partial charge in [0.1, 0.15) is 0 Å². The zero-order valence-electron chi connectivity index (χ0n) is 10.4. The van der Waals surface area contributed by atoms with Crippen molar-refractivity contribution in [2.75, 3.05) is 19.6 Å². The summed E-state index contributed by atoms with van der Waals surface area (Å²) in [4.78, 5) is 0. The molecule has 94 valence electrons. The van der Waals surface area contributed by atoms with Gasteiger partial charge in [0.25, 0.3) is 0 Å². The third kappa shape index (κ3) is 3.80. The largest absolute Gasteiger partial charge is 0.316 e. The molecule has 1 unspecified atom stereocenters. The second-order valence-corrected chi connectivity index (χ2v) is 5.72. The van der Waals surface area contributed by atoms with Crippen molar-refractivity contribution in [3.63, 3.8) is 0 Å². The zero-order chi connectivity index (χ0) is 12.1. The summed E-state index contributed by atoms with van der Waals surface area (Å²) < 4.78 is 1.20. The Bertz CT molecular complexity index is 348. The predicted octanol–water partition coefficient (Wildman–Crippen LogP) is 3.10. The standard InChI is InChI=1S/C14H21BrN2/c1-11(13-6-2-3-7-14(13)15)17-10-12-5-4-8-16-9-12/h2-3,6-7,11-12,16-17H,4-5,8-10H2,1H3/t11-,12?/m0/s1. The van der Waals surface area contributed by atoms with Crippen molar-refractivity contribution < 1.29 is 0 Å². The van der Waals surface area contributed by atoms with Crippen LogP contribution in [0.4, 0.5) is 0 Å². The lowest BCUT2D eigenvalue weighted by molar-refractivity contribution is 0.348. The van der Waals surface area contributed by atoms with Crippen LogP contribution in [0.2, 0.25) is 0 Å². The molecular formula is C14H21BrN2. The smallest absolute Gasteiger partial charge is 0.0303 e. The molecule has 0 aliphatic carbocycles. The molecule has 0 saturated carbocycles. The third-order valence-corrected chi connectivity index (χ3v) is 4.21. The maximum Gasteiger partial charge on any atom is 0.0303 e. The lowest BCUT2D eigenvalue weighted by Gasteiger charge is -2.25. The van der Waals surface area contributed by atoms with Gasteiger partial charge in [-0.05, 0) is 56.9 Å². The van der Waals surface area contributed by atoms with Crippen LogP contribution in [0.3, 0.4) is 0 Å². The Morgan fingerprint density at radius 1 is 1.47 bits per heavy atom. The van der Waals surface area contributed by atoms with Crippen molar-refractivity contribution >= 4 is 15.9 Å². The summed E-state index contributed by atoms with van der Waals surface area (Å²) >= 11 is 3.61. The van der Waals surface area contributed by atoms with Crippen LogP contribution in [0.25, 0.3) is 0 Å². The van der Waals surface area contributed by atoms with Crippen LogP contribution in [0.5, 0.6) is 0 Å². The van der Waals surface area contributed by atoms with E-state index >= 15 is 0 Å². The lowest BCUT2D eigenvalue weighted by Crippen LogP contribution is -2.36. The van der Waals surface area contributed by atoms with Gasteiger partial charge in [-0.15, -0.1) is 0 Å². The fourth-order valence-corrected chi connectivity index (χ4v) is 3.01. The monoisotopic (exact) mass is 296 g/mol. The number of hydrogen-bond donors (Lipinski definition) is 2. The van der Waals surface area contributed by atoms with Gasteiger partial charge in [-0.1, -0.05) is 34.1 Å². The van der Waals surface area contributed by atoms with Gasteiger partial charge in [0.15, 0.2) is 0 Å². The highest BCUT2D eigenvalue weighted by Crippen LogP contribution is 2.23. The maximum atomic E-state index is 3.64. The first-order valence-corrected chi connectivity index (χ1v) is 7.25. The van der Waals surface area contributed by atoms with Gasteiger partial charge in [0, 0.05) is 10.5 Å². The second kappa shape index (κ2) is 6.53.